The van der Waals surface area contributed by atoms with Gasteiger partial charge in [-0.25, -0.2) is 18.0 Å². The van der Waals surface area contributed by atoms with Gasteiger partial charge in [-0.3, -0.25) is 0 Å². The minimum absolute atomic E-state index is 0.0150. The molecule has 1 N–H and O–H groups in total. The molecule has 0 aromatic rings. The van der Waals surface area contributed by atoms with Crippen LogP contribution in [0.3, 0.4) is 0 Å². The smallest absolute Gasteiger partial charge is 0.408 e. The van der Waals surface area contributed by atoms with Crippen LogP contribution in [0.2, 0.25) is 0 Å². The Balaban J connectivity index is 2.73. The molecule has 1 rings (SSSR count). The second-order valence-corrected chi connectivity index (χ2v) is 8.44. The summed E-state index contributed by atoms with van der Waals surface area (Å²) < 4.78 is 32.7. The average molecular weight is 321 g/mol. The van der Waals surface area contributed by atoms with Gasteiger partial charge in [-0.15, -0.1) is 0 Å². The van der Waals surface area contributed by atoms with Crippen molar-refractivity contribution in [2.24, 2.45) is 5.92 Å². The lowest BCUT2D eigenvalue weighted by atomic mass is 9.94. The molecule has 1 aliphatic heterocycles. The number of methoxy groups -OCH3 is 1. The van der Waals surface area contributed by atoms with E-state index in [2.05, 4.69) is 10.1 Å². The standard InChI is InChI=1S/C13H23NO6S/c1-13(2,3)20-12(16)14-10(11(15)19-4)9-5-7-21(17,18)8-6-9/h9-10H,5-8H2,1-4H3,(H,14,16). The normalized spacial score (nSPS) is 20.4. The topological polar surface area (TPSA) is 98.8 Å². The summed E-state index contributed by atoms with van der Waals surface area (Å²) in [4.78, 5) is 23.6. The van der Waals surface area contributed by atoms with Crippen LogP contribution in [0, 0.1) is 5.92 Å². The Kier molecular flexibility index (Phi) is 5.61. The van der Waals surface area contributed by atoms with Gasteiger partial charge in [0.2, 0.25) is 0 Å². The van der Waals surface area contributed by atoms with Crippen molar-refractivity contribution in [2.45, 2.75) is 45.3 Å². The van der Waals surface area contributed by atoms with E-state index >= 15 is 0 Å². The molecule has 0 spiro atoms. The number of sulfone groups is 1. The summed E-state index contributed by atoms with van der Waals surface area (Å²) in [6.45, 7) is 5.15. The van der Waals surface area contributed by atoms with Crippen molar-refractivity contribution in [1.82, 2.24) is 5.32 Å². The van der Waals surface area contributed by atoms with E-state index in [1.165, 1.54) is 7.11 Å². The largest absolute Gasteiger partial charge is 0.467 e. The first-order valence-corrected chi connectivity index (χ1v) is 8.64. The van der Waals surface area contributed by atoms with Crippen LogP contribution in [0.25, 0.3) is 0 Å². The minimum Gasteiger partial charge on any atom is -0.467 e. The summed E-state index contributed by atoms with van der Waals surface area (Å²) in [5.74, 6) is -0.832. The van der Waals surface area contributed by atoms with Crippen LogP contribution < -0.4 is 5.32 Å². The van der Waals surface area contributed by atoms with Gasteiger partial charge in [0.05, 0.1) is 18.6 Å². The van der Waals surface area contributed by atoms with Crippen LogP contribution in [-0.2, 0) is 24.1 Å². The number of carbonyl (C=O) groups excluding carboxylic acids is 2. The van der Waals surface area contributed by atoms with Crippen LogP contribution >= 0.6 is 0 Å². The molecular weight excluding hydrogens is 298 g/mol. The van der Waals surface area contributed by atoms with E-state index in [0.29, 0.717) is 12.8 Å². The lowest BCUT2D eigenvalue weighted by Gasteiger charge is -2.29. The van der Waals surface area contributed by atoms with Crippen molar-refractivity contribution in [3.63, 3.8) is 0 Å². The fourth-order valence-corrected chi connectivity index (χ4v) is 3.70. The molecule has 1 unspecified atom stereocenters. The van der Waals surface area contributed by atoms with Crippen LogP contribution in [0.1, 0.15) is 33.6 Å². The number of hydrogen-bond acceptors (Lipinski definition) is 6. The molecule has 0 aromatic carbocycles. The van der Waals surface area contributed by atoms with Crippen molar-refractivity contribution >= 4 is 21.9 Å². The Morgan fingerprint density at radius 2 is 1.71 bits per heavy atom. The third-order valence-corrected chi connectivity index (χ3v) is 4.91. The Labute approximate surface area is 125 Å². The van der Waals surface area contributed by atoms with E-state index in [1.54, 1.807) is 20.8 Å². The van der Waals surface area contributed by atoms with Crippen LogP contribution in [0.15, 0.2) is 0 Å². The zero-order valence-electron chi connectivity index (χ0n) is 12.8. The average Bonchev–Trinajstić information content (AvgIpc) is 2.33. The molecule has 7 nitrogen and oxygen atoms in total. The molecule has 0 aliphatic carbocycles. The molecular formula is C13H23NO6S. The molecule has 0 radical (unpaired) electrons. The summed E-state index contributed by atoms with van der Waals surface area (Å²) in [5.41, 5.74) is -0.680. The molecule has 122 valence electrons. The van der Waals surface area contributed by atoms with E-state index in [1.807, 2.05) is 0 Å². The molecule has 1 aliphatic rings. The van der Waals surface area contributed by atoms with Gasteiger partial charge >= 0.3 is 12.1 Å². The van der Waals surface area contributed by atoms with Crippen molar-refractivity contribution in [3.05, 3.63) is 0 Å². The second kappa shape index (κ2) is 6.64. The number of hydrogen-bond donors (Lipinski definition) is 1. The number of alkyl carbamates (subject to hydrolysis) is 1. The predicted molar refractivity (Wildman–Crippen MR) is 76.6 cm³/mol. The first-order chi connectivity index (χ1) is 9.54. The summed E-state index contributed by atoms with van der Waals surface area (Å²) in [6.07, 6.45) is -0.0816. The maximum absolute atomic E-state index is 11.8. The number of carbonyl (C=O) groups is 2. The maximum atomic E-state index is 11.8. The lowest BCUT2D eigenvalue weighted by molar-refractivity contribution is -0.144. The summed E-state index contributed by atoms with van der Waals surface area (Å²) in [6, 6.07) is -0.889. The number of esters is 1. The Morgan fingerprint density at radius 1 is 1.19 bits per heavy atom. The molecule has 1 saturated heterocycles. The summed E-state index contributed by atoms with van der Waals surface area (Å²) >= 11 is 0. The Bertz CT molecular complexity index is 479. The third kappa shape index (κ3) is 5.91. The van der Waals surface area contributed by atoms with Gasteiger partial charge < -0.3 is 14.8 Å². The molecule has 0 aromatic heterocycles. The van der Waals surface area contributed by atoms with E-state index in [4.69, 9.17) is 4.74 Å². The number of amides is 1. The van der Waals surface area contributed by atoms with Crippen LogP contribution in [-0.4, -0.2) is 50.7 Å². The fraction of sp³-hybridized carbons (Fsp3) is 0.846. The molecule has 1 fully saturated rings. The van der Waals surface area contributed by atoms with Gasteiger partial charge in [0, 0.05) is 0 Å². The van der Waals surface area contributed by atoms with E-state index in [0.717, 1.165) is 0 Å². The first-order valence-electron chi connectivity index (χ1n) is 6.82. The molecule has 1 amide bonds. The van der Waals surface area contributed by atoms with Gasteiger partial charge in [0.25, 0.3) is 0 Å². The van der Waals surface area contributed by atoms with Gasteiger partial charge in [-0.05, 0) is 39.5 Å². The second-order valence-electron chi connectivity index (χ2n) is 6.14. The molecule has 0 saturated carbocycles. The highest BCUT2D eigenvalue weighted by atomic mass is 32.2. The quantitative estimate of drug-likeness (QED) is 0.775. The Morgan fingerprint density at radius 3 is 2.14 bits per heavy atom. The molecule has 1 heterocycles. The highest BCUT2D eigenvalue weighted by Gasteiger charge is 2.36. The highest BCUT2D eigenvalue weighted by molar-refractivity contribution is 7.91. The maximum Gasteiger partial charge on any atom is 0.408 e. The monoisotopic (exact) mass is 321 g/mol. The van der Waals surface area contributed by atoms with E-state index < -0.39 is 33.5 Å². The lowest BCUT2D eigenvalue weighted by Crippen LogP contribution is -2.50. The van der Waals surface area contributed by atoms with Crippen LogP contribution in [0.4, 0.5) is 4.79 Å². The zero-order valence-corrected chi connectivity index (χ0v) is 13.7. The zero-order chi connectivity index (χ0) is 16.3. The summed E-state index contributed by atoms with van der Waals surface area (Å²) in [7, 11) is -1.81. The predicted octanol–water partition coefficient (Wildman–Crippen LogP) is 0.877. The first kappa shape index (κ1) is 17.7. The van der Waals surface area contributed by atoms with Gasteiger partial charge in [-0.2, -0.15) is 0 Å². The van der Waals surface area contributed by atoms with Crippen molar-refractivity contribution in [2.75, 3.05) is 18.6 Å². The van der Waals surface area contributed by atoms with Crippen molar-refractivity contribution in [1.29, 1.82) is 0 Å². The van der Waals surface area contributed by atoms with E-state index in [-0.39, 0.29) is 17.4 Å². The van der Waals surface area contributed by atoms with Gasteiger partial charge in [0.1, 0.15) is 21.5 Å². The van der Waals surface area contributed by atoms with Crippen molar-refractivity contribution < 1.29 is 27.5 Å². The molecule has 1 atom stereocenters. The number of ether oxygens (including phenoxy) is 2. The van der Waals surface area contributed by atoms with E-state index in [9.17, 15) is 18.0 Å². The number of nitrogens with one attached hydrogen (secondary N) is 1. The Hall–Kier alpha value is -1.31. The van der Waals surface area contributed by atoms with Crippen molar-refractivity contribution in [3.8, 4) is 0 Å². The van der Waals surface area contributed by atoms with Gasteiger partial charge in [-0.1, -0.05) is 0 Å². The summed E-state index contributed by atoms with van der Waals surface area (Å²) in [5, 5.41) is 2.49. The highest BCUT2D eigenvalue weighted by Crippen LogP contribution is 2.23. The SMILES string of the molecule is COC(=O)C(NC(=O)OC(C)(C)C)C1CCS(=O)(=O)CC1. The fourth-order valence-electron chi connectivity index (χ4n) is 2.17. The third-order valence-electron chi connectivity index (χ3n) is 3.20. The molecule has 21 heavy (non-hydrogen) atoms. The molecule has 0 bridgehead atoms. The molecule has 8 heteroatoms. The van der Waals surface area contributed by atoms with Gasteiger partial charge in [0.15, 0.2) is 0 Å². The minimum atomic E-state index is -3.03. The van der Waals surface area contributed by atoms with Crippen LogP contribution in [0.5, 0.6) is 0 Å². The number of rotatable bonds is 3.